The van der Waals surface area contributed by atoms with Gasteiger partial charge < -0.3 is 9.84 Å². The van der Waals surface area contributed by atoms with E-state index in [-0.39, 0.29) is 18.0 Å². The standard InChI is InChI=1S/C32H26F3NO2/c1-21(20-37)23-10-5-12-26(17-23)38-27-13-6-11-24(18-27)30-25(16-22-8-3-2-4-9-22)19-36-31-28(30)14-7-15-29(31)32(33,34)35/h2-15,17-19,21,37H,16,20H2,1H3. The first-order valence-electron chi connectivity index (χ1n) is 12.3. The fraction of sp³-hybridized carbons (Fsp3) is 0.156. The first-order valence-corrected chi connectivity index (χ1v) is 12.3. The molecule has 0 aliphatic carbocycles. The molecule has 5 aromatic rings. The van der Waals surface area contributed by atoms with Crippen LogP contribution in [-0.4, -0.2) is 16.7 Å². The van der Waals surface area contributed by atoms with Gasteiger partial charge in [0.25, 0.3) is 0 Å². The third kappa shape index (κ3) is 5.41. The number of halogens is 3. The van der Waals surface area contributed by atoms with E-state index >= 15 is 0 Å². The number of benzene rings is 4. The van der Waals surface area contributed by atoms with Gasteiger partial charge in [-0.3, -0.25) is 4.98 Å². The van der Waals surface area contributed by atoms with Crippen molar-refractivity contribution in [1.29, 1.82) is 0 Å². The summed E-state index contributed by atoms with van der Waals surface area (Å²) >= 11 is 0. The fourth-order valence-corrected chi connectivity index (χ4v) is 4.62. The molecule has 5 rings (SSSR count). The highest BCUT2D eigenvalue weighted by Gasteiger charge is 2.33. The molecular weight excluding hydrogens is 487 g/mol. The SMILES string of the molecule is CC(CO)c1cccc(Oc2cccc(-c3c(Cc4ccccc4)cnc4c(C(F)(F)F)cccc34)c2)c1. The molecule has 1 aromatic heterocycles. The molecule has 1 N–H and O–H groups in total. The molecule has 6 heteroatoms. The number of aromatic nitrogens is 1. The van der Waals surface area contributed by atoms with Crippen molar-refractivity contribution in [3.05, 3.63) is 126 Å². The summed E-state index contributed by atoms with van der Waals surface area (Å²) in [6.07, 6.45) is -2.46. The molecule has 1 heterocycles. The van der Waals surface area contributed by atoms with Crippen LogP contribution in [0.1, 0.15) is 35.1 Å². The van der Waals surface area contributed by atoms with E-state index in [1.165, 1.54) is 6.07 Å². The Balaban J connectivity index is 1.62. The Morgan fingerprint density at radius 1 is 0.842 bits per heavy atom. The summed E-state index contributed by atoms with van der Waals surface area (Å²) in [4.78, 5) is 4.28. The van der Waals surface area contributed by atoms with Gasteiger partial charge in [0.05, 0.1) is 11.1 Å². The van der Waals surface area contributed by atoms with Gasteiger partial charge in [-0.25, -0.2) is 0 Å². The number of alkyl halides is 3. The Labute approximate surface area is 219 Å². The summed E-state index contributed by atoms with van der Waals surface area (Å²) in [7, 11) is 0. The van der Waals surface area contributed by atoms with E-state index in [0.717, 1.165) is 28.3 Å². The molecule has 38 heavy (non-hydrogen) atoms. The van der Waals surface area contributed by atoms with Gasteiger partial charge in [-0.2, -0.15) is 13.2 Å². The minimum absolute atomic E-state index is 0.0260. The van der Waals surface area contributed by atoms with E-state index in [2.05, 4.69) is 4.98 Å². The number of para-hydroxylation sites is 1. The Kier molecular flexibility index (Phi) is 7.16. The number of ether oxygens (including phenoxy) is 1. The Morgan fingerprint density at radius 3 is 2.29 bits per heavy atom. The molecule has 0 saturated heterocycles. The largest absolute Gasteiger partial charge is 0.457 e. The summed E-state index contributed by atoms with van der Waals surface area (Å²) in [5.74, 6) is 1.14. The van der Waals surface area contributed by atoms with E-state index in [1.54, 1.807) is 12.3 Å². The number of aliphatic hydroxyl groups is 1. The zero-order chi connectivity index (χ0) is 26.7. The molecule has 0 radical (unpaired) electrons. The summed E-state index contributed by atoms with van der Waals surface area (Å²) in [6, 6.07) is 28.8. The second-order valence-electron chi connectivity index (χ2n) is 9.31. The van der Waals surface area contributed by atoms with Gasteiger partial charge in [-0.05, 0) is 64.6 Å². The number of aliphatic hydroxyl groups excluding tert-OH is 1. The van der Waals surface area contributed by atoms with Crippen LogP contribution in [0.2, 0.25) is 0 Å². The van der Waals surface area contributed by atoms with Crippen molar-refractivity contribution >= 4 is 10.9 Å². The van der Waals surface area contributed by atoms with Gasteiger partial charge in [0.1, 0.15) is 11.5 Å². The van der Waals surface area contributed by atoms with Gasteiger partial charge >= 0.3 is 6.18 Å². The Hall–Kier alpha value is -4.16. The quantitative estimate of drug-likeness (QED) is 0.238. The van der Waals surface area contributed by atoms with Crippen molar-refractivity contribution in [3.63, 3.8) is 0 Å². The third-order valence-electron chi connectivity index (χ3n) is 6.58. The average molecular weight is 514 g/mol. The van der Waals surface area contributed by atoms with Crippen molar-refractivity contribution in [1.82, 2.24) is 4.98 Å². The predicted octanol–water partition coefficient (Wildman–Crippen LogP) is 8.40. The van der Waals surface area contributed by atoms with E-state index in [9.17, 15) is 18.3 Å². The van der Waals surface area contributed by atoms with Crippen LogP contribution in [-0.2, 0) is 12.6 Å². The van der Waals surface area contributed by atoms with Crippen LogP contribution in [0.25, 0.3) is 22.0 Å². The van der Waals surface area contributed by atoms with E-state index < -0.39 is 11.7 Å². The topological polar surface area (TPSA) is 42.4 Å². The molecule has 3 nitrogen and oxygen atoms in total. The first-order chi connectivity index (χ1) is 18.3. The van der Waals surface area contributed by atoms with Gasteiger partial charge in [0, 0.05) is 24.1 Å². The monoisotopic (exact) mass is 513 g/mol. The van der Waals surface area contributed by atoms with Gasteiger partial charge in [-0.15, -0.1) is 0 Å². The molecule has 4 aromatic carbocycles. The van der Waals surface area contributed by atoms with Crippen molar-refractivity contribution in [2.24, 2.45) is 0 Å². The molecule has 0 saturated carbocycles. The van der Waals surface area contributed by atoms with Crippen LogP contribution in [0.4, 0.5) is 13.2 Å². The second kappa shape index (κ2) is 10.7. The van der Waals surface area contributed by atoms with Crippen LogP contribution >= 0.6 is 0 Å². The summed E-state index contributed by atoms with van der Waals surface area (Å²) in [5.41, 5.74) is 3.39. The normalized spacial score (nSPS) is 12.4. The lowest BCUT2D eigenvalue weighted by Crippen LogP contribution is -2.07. The summed E-state index contributed by atoms with van der Waals surface area (Å²) < 4.78 is 47.7. The number of nitrogens with zero attached hydrogens (tertiary/aromatic N) is 1. The molecular formula is C32H26F3NO2. The Bertz CT molecular complexity index is 1560. The maximum absolute atomic E-state index is 13.8. The number of hydrogen-bond acceptors (Lipinski definition) is 3. The zero-order valence-electron chi connectivity index (χ0n) is 20.7. The third-order valence-corrected chi connectivity index (χ3v) is 6.58. The molecule has 0 bridgehead atoms. The first kappa shape index (κ1) is 25.5. The highest BCUT2D eigenvalue weighted by Crippen LogP contribution is 2.40. The lowest BCUT2D eigenvalue weighted by atomic mass is 9.92. The lowest BCUT2D eigenvalue weighted by molar-refractivity contribution is -0.136. The molecule has 192 valence electrons. The molecule has 0 amide bonds. The van der Waals surface area contributed by atoms with Gasteiger partial charge in [-0.1, -0.05) is 73.7 Å². The number of rotatable bonds is 7. The fourth-order valence-electron chi connectivity index (χ4n) is 4.62. The minimum atomic E-state index is -4.52. The van der Waals surface area contributed by atoms with E-state index in [4.69, 9.17) is 4.74 Å². The summed E-state index contributed by atoms with van der Waals surface area (Å²) in [5, 5.41) is 9.94. The Morgan fingerprint density at radius 2 is 1.55 bits per heavy atom. The maximum atomic E-state index is 13.8. The molecule has 1 unspecified atom stereocenters. The van der Waals surface area contributed by atoms with Crippen LogP contribution in [0.3, 0.4) is 0 Å². The van der Waals surface area contributed by atoms with Gasteiger partial charge in [0.15, 0.2) is 0 Å². The smallest absolute Gasteiger partial charge is 0.418 e. The summed E-state index contributed by atoms with van der Waals surface area (Å²) in [6.45, 7) is 1.95. The highest BCUT2D eigenvalue weighted by molar-refractivity contribution is 5.98. The second-order valence-corrected chi connectivity index (χ2v) is 9.31. The molecule has 0 aliphatic heterocycles. The minimum Gasteiger partial charge on any atom is -0.457 e. The van der Waals surface area contributed by atoms with Crippen molar-refractivity contribution in [2.75, 3.05) is 6.61 Å². The average Bonchev–Trinajstić information content (AvgIpc) is 2.92. The number of pyridine rings is 1. The van der Waals surface area contributed by atoms with Crippen molar-refractivity contribution < 1.29 is 23.0 Å². The molecule has 0 fully saturated rings. The van der Waals surface area contributed by atoms with Crippen molar-refractivity contribution in [2.45, 2.75) is 25.4 Å². The van der Waals surface area contributed by atoms with Crippen LogP contribution in [0, 0.1) is 0 Å². The van der Waals surface area contributed by atoms with Crippen molar-refractivity contribution in [3.8, 4) is 22.6 Å². The van der Waals surface area contributed by atoms with Crippen LogP contribution < -0.4 is 4.74 Å². The van der Waals surface area contributed by atoms with E-state index in [1.807, 2.05) is 85.8 Å². The highest BCUT2D eigenvalue weighted by atomic mass is 19.4. The predicted molar refractivity (Wildman–Crippen MR) is 143 cm³/mol. The molecule has 0 aliphatic rings. The van der Waals surface area contributed by atoms with Gasteiger partial charge in [0.2, 0.25) is 0 Å². The number of hydrogen-bond donors (Lipinski definition) is 1. The van der Waals surface area contributed by atoms with Crippen LogP contribution in [0.5, 0.6) is 11.5 Å². The van der Waals surface area contributed by atoms with Crippen LogP contribution in [0.15, 0.2) is 103 Å². The number of fused-ring (bicyclic) bond motifs is 1. The maximum Gasteiger partial charge on any atom is 0.418 e. The lowest BCUT2D eigenvalue weighted by Gasteiger charge is -2.17. The molecule has 0 spiro atoms. The van der Waals surface area contributed by atoms with E-state index in [0.29, 0.717) is 28.9 Å². The molecule has 1 atom stereocenters. The zero-order valence-corrected chi connectivity index (χ0v) is 20.7.